The first-order chi connectivity index (χ1) is 8.52. The fourth-order valence-electron chi connectivity index (χ4n) is 2.71. The molecule has 2 rings (SSSR count). The van der Waals surface area contributed by atoms with Crippen LogP contribution in [0.25, 0.3) is 0 Å². The molecule has 6 heteroatoms. The van der Waals surface area contributed by atoms with Gasteiger partial charge in [0.2, 0.25) is 5.91 Å². The summed E-state index contributed by atoms with van der Waals surface area (Å²) >= 11 is 0. The van der Waals surface area contributed by atoms with Crippen molar-refractivity contribution >= 4 is 11.9 Å². The highest BCUT2D eigenvalue weighted by molar-refractivity contribution is 5.83. The topological polar surface area (TPSA) is 78.9 Å². The highest BCUT2D eigenvalue weighted by Gasteiger charge is 2.41. The minimum atomic E-state index is -0.899. The third-order valence-corrected chi connectivity index (χ3v) is 4.01. The van der Waals surface area contributed by atoms with Crippen molar-refractivity contribution in [1.29, 1.82) is 0 Å². The molecule has 0 bridgehead atoms. The zero-order valence-electron chi connectivity index (χ0n) is 10.8. The molecule has 102 valence electrons. The number of aliphatic carboxylic acids is 1. The Morgan fingerprint density at radius 3 is 2.67 bits per heavy atom. The average Bonchev–Trinajstić information content (AvgIpc) is 2.95. The van der Waals surface area contributed by atoms with Gasteiger partial charge < -0.3 is 20.1 Å². The summed E-state index contributed by atoms with van der Waals surface area (Å²) in [4.78, 5) is 25.0. The predicted octanol–water partition coefficient (Wildman–Crippen LogP) is -0.458. The van der Waals surface area contributed by atoms with Gasteiger partial charge in [0.25, 0.3) is 0 Å². The molecule has 2 heterocycles. The lowest BCUT2D eigenvalue weighted by Gasteiger charge is -2.30. The van der Waals surface area contributed by atoms with Gasteiger partial charge in [0.05, 0.1) is 25.3 Å². The fraction of sp³-hybridized carbons (Fsp3) is 0.833. The van der Waals surface area contributed by atoms with Gasteiger partial charge in [-0.25, -0.2) is 0 Å². The number of nitrogens with one attached hydrogen (secondary N) is 1. The van der Waals surface area contributed by atoms with Crippen LogP contribution in [0.1, 0.15) is 13.3 Å². The van der Waals surface area contributed by atoms with E-state index < -0.39 is 11.9 Å². The molecule has 1 amide bonds. The Bertz CT molecular complexity index is 347. The molecule has 0 aromatic rings. The summed E-state index contributed by atoms with van der Waals surface area (Å²) in [6.45, 7) is 3.37. The smallest absolute Gasteiger partial charge is 0.311 e. The Kier molecular flexibility index (Phi) is 3.87. The van der Waals surface area contributed by atoms with Gasteiger partial charge in [-0.3, -0.25) is 9.59 Å². The van der Waals surface area contributed by atoms with Gasteiger partial charge >= 0.3 is 5.97 Å². The number of nitrogens with zero attached hydrogens (tertiary/aromatic N) is 1. The monoisotopic (exact) mass is 256 g/mol. The average molecular weight is 256 g/mol. The molecular weight excluding hydrogens is 236 g/mol. The van der Waals surface area contributed by atoms with Crippen molar-refractivity contribution in [3.63, 3.8) is 0 Å². The number of ether oxygens (including phenoxy) is 1. The van der Waals surface area contributed by atoms with E-state index in [0.29, 0.717) is 12.5 Å². The van der Waals surface area contributed by atoms with E-state index in [9.17, 15) is 9.59 Å². The third kappa shape index (κ3) is 2.35. The van der Waals surface area contributed by atoms with Crippen molar-refractivity contribution in [3.05, 3.63) is 0 Å². The second-order valence-corrected chi connectivity index (χ2v) is 5.20. The van der Waals surface area contributed by atoms with Gasteiger partial charge in [-0.1, -0.05) is 6.92 Å². The normalized spacial score (nSPS) is 35.7. The minimum Gasteiger partial charge on any atom is -0.481 e. The number of hydrogen-bond acceptors (Lipinski definition) is 4. The molecule has 0 radical (unpaired) electrons. The summed E-state index contributed by atoms with van der Waals surface area (Å²) in [5, 5.41) is 12.3. The van der Waals surface area contributed by atoms with Crippen molar-refractivity contribution in [1.82, 2.24) is 10.2 Å². The van der Waals surface area contributed by atoms with Crippen LogP contribution in [0.5, 0.6) is 0 Å². The number of likely N-dealkylation sites (N-methyl/N-ethyl adjacent to an activating group) is 1. The van der Waals surface area contributed by atoms with E-state index in [1.807, 2.05) is 6.92 Å². The predicted molar refractivity (Wildman–Crippen MR) is 64.1 cm³/mol. The first-order valence-corrected chi connectivity index (χ1v) is 6.33. The van der Waals surface area contributed by atoms with Gasteiger partial charge in [0, 0.05) is 7.05 Å². The van der Waals surface area contributed by atoms with Crippen LogP contribution in [0, 0.1) is 11.8 Å². The summed E-state index contributed by atoms with van der Waals surface area (Å²) in [7, 11) is 1.67. The van der Waals surface area contributed by atoms with Crippen LogP contribution >= 0.6 is 0 Å². The molecule has 6 nitrogen and oxygen atoms in total. The maximum absolute atomic E-state index is 12.3. The molecule has 4 atom stereocenters. The summed E-state index contributed by atoms with van der Waals surface area (Å²) in [5.74, 6) is -1.24. The zero-order chi connectivity index (χ0) is 13.3. The molecule has 0 saturated carbocycles. The first kappa shape index (κ1) is 13.3. The van der Waals surface area contributed by atoms with Crippen LogP contribution in [0.15, 0.2) is 0 Å². The number of carboxylic acids is 1. The molecule has 0 aromatic carbocycles. The third-order valence-electron chi connectivity index (χ3n) is 4.01. The number of amides is 1. The lowest BCUT2D eigenvalue weighted by Crippen LogP contribution is -2.51. The number of carbonyl (C=O) groups excluding carboxylic acids is 1. The lowest BCUT2D eigenvalue weighted by molar-refractivity contribution is -0.145. The number of rotatable bonds is 3. The van der Waals surface area contributed by atoms with Gasteiger partial charge in [-0.05, 0) is 18.9 Å². The van der Waals surface area contributed by atoms with Crippen LogP contribution in [0.2, 0.25) is 0 Å². The molecule has 0 aromatic heterocycles. The van der Waals surface area contributed by atoms with Crippen molar-refractivity contribution in [2.45, 2.75) is 25.4 Å². The summed E-state index contributed by atoms with van der Waals surface area (Å²) in [6, 6.07) is -0.547. The van der Waals surface area contributed by atoms with E-state index in [-0.39, 0.29) is 24.6 Å². The van der Waals surface area contributed by atoms with Crippen LogP contribution in [0.3, 0.4) is 0 Å². The second-order valence-electron chi connectivity index (χ2n) is 5.20. The summed E-state index contributed by atoms with van der Waals surface area (Å²) in [6.07, 6.45) is 0.980. The largest absolute Gasteiger partial charge is 0.481 e. The fourth-order valence-corrected chi connectivity index (χ4v) is 2.71. The van der Waals surface area contributed by atoms with Crippen LogP contribution in [-0.2, 0) is 14.3 Å². The van der Waals surface area contributed by atoms with Crippen LogP contribution in [0.4, 0.5) is 0 Å². The molecule has 2 aliphatic rings. The molecule has 2 N–H and O–H groups in total. The number of carboxylic acid groups (broad SMARTS) is 1. The van der Waals surface area contributed by atoms with Crippen molar-refractivity contribution in [2.75, 3.05) is 26.8 Å². The van der Waals surface area contributed by atoms with Crippen molar-refractivity contribution in [2.24, 2.45) is 11.8 Å². The Morgan fingerprint density at radius 1 is 1.39 bits per heavy atom. The molecule has 0 spiro atoms. The molecule has 0 aliphatic carbocycles. The van der Waals surface area contributed by atoms with Crippen molar-refractivity contribution in [3.8, 4) is 0 Å². The highest BCUT2D eigenvalue weighted by Crippen LogP contribution is 2.22. The van der Waals surface area contributed by atoms with E-state index in [1.54, 1.807) is 11.9 Å². The Labute approximate surface area is 106 Å². The minimum absolute atomic E-state index is 0.0262. The maximum Gasteiger partial charge on any atom is 0.311 e. The summed E-state index contributed by atoms with van der Waals surface area (Å²) in [5.41, 5.74) is 0. The first-order valence-electron chi connectivity index (χ1n) is 6.33. The molecule has 2 aliphatic heterocycles. The zero-order valence-corrected chi connectivity index (χ0v) is 10.8. The van der Waals surface area contributed by atoms with Crippen LogP contribution in [-0.4, -0.2) is 60.8 Å². The lowest BCUT2D eigenvalue weighted by atomic mass is 9.98. The van der Waals surface area contributed by atoms with Gasteiger partial charge in [0.15, 0.2) is 0 Å². The number of carbonyl (C=O) groups is 2. The van der Waals surface area contributed by atoms with E-state index in [1.165, 1.54) is 0 Å². The number of hydrogen-bond donors (Lipinski definition) is 2. The Balaban J connectivity index is 2.04. The highest BCUT2D eigenvalue weighted by atomic mass is 16.5. The van der Waals surface area contributed by atoms with E-state index >= 15 is 0 Å². The van der Waals surface area contributed by atoms with Crippen molar-refractivity contribution < 1.29 is 19.4 Å². The second kappa shape index (κ2) is 5.24. The molecular formula is C12H20N2O4. The van der Waals surface area contributed by atoms with E-state index in [0.717, 1.165) is 13.0 Å². The van der Waals surface area contributed by atoms with E-state index in [2.05, 4.69) is 5.32 Å². The van der Waals surface area contributed by atoms with E-state index in [4.69, 9.17) is 9.84 Å². The molecule has 2 fully saturated rings. The van der Waals surface area contributed by atoms with Crippen LogP contribution < -0.4 is 5.32 Å². The maximum atomic E-state index is 12.3. The quantitative estimate of drug-likeness (QED) is 0.714. The standard InChI is InChI=1S/C12H20N2O4/c1-7-3-4-13-10(7)11(15)14(2)9-6-18-5-8(9)12(16)17/h7-10,13H,3-6H2,1-2H3,(H,16,17). The Morgan fingerprint density at radius 2 is 2.11 bits per heavy atom. The molecule has 18 heavy (non-hydrogen) atoms. The SMILES string of the molecule is CC1CCNC1C(=O)N(C)C1COCC1C(=O)O. The molecule has 4 unspecified atom stereocenters. The molecule has 2 saturated heterocycles. The Hall–Kier alpha value is -1.14. The van der Waals surface area contributed by atoms with Gasteiger partial charge in [-0.2, -0.15) is 0 Å². The van der Waals surface area contributed by atoms with Gasteiger partial charge in [-0.15, -0.1) is 0 Å². The summed E-state index contributed by atoms with van der Waals surface area (Å²) < 4.78 is 5.20. The van der Waals surface area contributed by atoms with Gasteiger partial charge in [0.1, 0.15) is 5.92 Å².